The van der Waals surface area contributed by atoms with E-state index in [2.05, 4.69) is 65.7 Å². The van der Waals surface area contributed by atoms with Gasteiger partial charge in [0.2, 0.25) is 0 Å². The Balaban J connectivity index is 0.00000364. The summed E-state index contributed by atoms with van der Waals surface area (Å²) < 4.78 is 10.4. The van der Waals surface area contributed by atoms with E-state index >= 15 is 0 Å². The van der Waals surface area contributed by atoms with Crippen LogP contribution in [-0.2, 0) is 18.0 Å². The quantitative estimate of drug-likeness (QED) is 0.357. The van der Waals surface area contributed by atoms with Gasteiger partial charge < -0.3 is 17.1 Å². The highest BCUT2D eigenvalue weighted by molar-refractivity contribution is 5.52. The van der Waals surface area contributed by atoms with Crippen LogP contribution in [0.3, 0.4) is 0 Å². The van der Waals surface area contributed by atoms with E-state index in [0.717, 1.165) is 13.2 Å². The van der Waals surface area contributed by atoms with E-state index in [-0.39, 0.29) is 12.4 Å². The minimum atomic E-state index is 0. The molecule has 0 aliphatic heterocycles. The molecular formula is C23H37ClN2O. The first kappa shape index (κ1) is 23.7. The predicted molar refractivity (Wildman–Crippen MR) is 109 cm³/mol. The van der Waals surface area contributed by atoms with Gasteiger partial charge in [-0.1, -0.05) is 76.5 Å². The number of benzene rings is 1. The minimum Gasteiger partial charge on any atom is -1.00 e. The van der Waals surface area contributed by atoms with Crippen LogP contribution in [0.2, 0.25) is 0 Å². The highest BCUT2D eigenvalue weighted by atomic mass is 35.5. The first-order valence-corrected chi connectivity index (χ1v) is 10.6. The normalized spacial score (nSPS) is 10.7. The smallest absolute Gasteiger partial charge is 0.290 e. The summed E-state index contributed by atoms with van der Waals surface area (Å²) in [5, 5.41) is 0. The van der Waals surface area contributed by atoms with Gasteiger partial charge in [-0.25, -0.2) is 9.13 Å². The SMILES string of the molecule is CCCCCCCCCCCOC[n+]1ccn(CC)c1-c1ccccc1.[Cl-]. The lowest BCUT2D eigenvalue weighted by Crippen LogP contribution is -3.00. The molecule has 0 unspecified atom stereocenters. The van der Waals surface area contributed by atoms with Crippen molar-refractivity contribution in [1.82, 2.24) is 4.57 Å². The van der Waals surface area contributed by atoms with Gasteiger partial charge in [-0.3, -0.25) is 0 Å². The molecule has 0 atom stereocenters. The van der Waals surface area contributed by atoms with Gasteiger partial charge in [0.05, 0.1) is 18.7 Å². The summed E-state index contributed by atoms with van der Waals surface area (Å²) >= 11 is 0. The number of rotatable bonds is 14. The Morgan fingerprint density at radius 2 is 1.48 bits per heavy atom. The lowest BCUT2D eigenvalue weighted by Gasteiger charge is -2.06. The summed E-state index contributed by atoms with van der Waals surface area (Å²) in [4.78, 5) is 0. The standard InChI is InChI=1S/C23H37N2O.ClH/c1-3-5-6-7-8-9-10-11-15-20-26-21-25-19-18-24(4-2)23(25)22-16-13-12-14-17-22;/h12-14,16-19H,3-11,15,20-21H2,1-2H3;1H/q+1;/p-1. The van der Waals surface area contributed by atoms with E-state index in [1.54, 1.807) is 0 Å². The first-order valence-electron chi connectivity index (χ1n) is 10.6. The number of hydrogen-bond acceptors (Lipinski definition) is 1. The second-order valence-electron chi connectivity index (χ2n) is 7.11. The molecule has 3 nitrogen and oxygen atoms in total. The molecule has 1 heterocycles. The number of halogens is 1. The molecule has 0 aliphatic carbocycles. The van der Waals surface area contributed by atoms with Crippen LogP contribution in [0.1, 0.15) is 71.6 Å². The molecule has 152 valence electrons. The number of aromatic nitrogens is 2. The molecule has 27 heavy (non-hydrogen) atoms. The zero-order valence-corrected chi connectivity index (χ0v) is 18.0. The van der Waals surface area contributed by atoms with Crippen LogP contribution in [0.15, 0.2) is 42.7 Å². The van der Waals surface area contributed by atoms with Gasteiger partial charge in [0.15, 0.2) is 6.73 Å². The average Bonchev–Trinajstić information content (AvgIpc) is 3.09. The Bertz CT molecular complexity index is 598. The molecule has 2 rings (SSSR count). The Hall–Kier alpha value is -1.32. The molecule has 0 aliphatic rings. The molecule has 0 saturated carbocycles. The fraction of sp³-hybridized carbons (Fsp3) is 0.609. The maximum absolute atomic E-state index is 5.95. The maximum Gasteiger partial charge on any atom is 0.290 e. The second-order valence-corrected chi connectivity index (χ2v) is 7.11. The largest absolute Gasteiger partial charge is 1.00 e. The van der Waals surface area contributed by atoms with Crippen molar-refractivity contribution in [3.63, 3.8) is 0 Å². The van der Waals surface area contributed by atoms with Crippen LogP contribution in [0, 0.1) is 0 Å². The van der Waals surface area contributed by atoms with E-state index in [1.165, 1.54) is 69.2 Å². The van der Waals surface area contributed by atoms with E-state index < -0.39 is 0 Å². The van der Waals surface area contributed by atoms with Crippen molar-refractivity contribution in [2.24, 2.45) is 0 Å². The van der Waals surface area contributed by atoms with Gasteiger partial charge in [-0.05, 0) is 25.5 Å². The Morgan fingerprint density at radius 1 is 0.852 bits per heavy atom. The highest BCUT2D eigenvalue weighted by Gasteiger charge is 2.17. The first-order chi connectivity index (χ1) is 12.9. The number of imidazole rings is 1. The Labute approximate surface area is 172 Å². The van der Waals surface area contributed by atoms with Crippen LogP contribution in [0.4, 0.5) is 0 Å². The third-order valence-electron chi connectivity index (χ3n) is 4.97. The fourth-order valence-corrected chi connectivity index (χ4v) is 3.42. The number of hydrogen-bond donors (Lipinski definition) is 0. The van der Waals surface area contributed by atoms with Crippen molar-refractivity contribution < 1.29 is 21.7 Å². The summed E-state index contributed by atoms with van der Waals surface area (Å²) in [5.74, 6) is 1.22. The zero-order chi connectivity index (χ0) is 18.5. The topological polar surface area (TPSA) is 18.0 Å². The number of aryl methyl sites for hydroxylation is 1. The summed E-state index contributed by atoms with van der Waals surface area (Å²) in [6.07, 6.45) is 16.4. The molecule has 1 aromatic heterocycles. The van der Waals surface area contributed by atoms with Crippen LogP contribution in [0.25, 0.3) is 11.4 Å². The molecule has 1 aromatic carbocycles. The molecule has 0 spiro atoms. The molecule has 0 saturated heterocycles. The summed E-state index contributed by atoms with van der Waals surface area (Å²) in [7, 11) is 0. The van der Waals surface area contributed by atoms with E-state index in [9.17, 15) is 0 Å². The lowest BCUT2D eigenvalue weighted by atomic mass is 10.1. The molecule has 0 bridgehead atoms. The third-order valence-corrected chi connectivity index (χ3v) is 4.97. The summed E-state index contributed by atoms with van der Waals surface area (Å²) in [6.45, 7) is 6.91. The second kappa shape index (κ2) is 14.7. The summed E-state index contributed by atoms with van der Waals surface area (Å²) in [5.41, 5.74) is 1.24. The molecule has 2 aromatic rings. The van der Waals surface area contributed by atoms with Crippen molar-refractivity contribution in [2.75, 3.05) is 6.61 Å². The highest BCUT2D eigenvalue weighted by Crippen LogP contribution is 2.15. The molecular weight excluding hydrogens is 356 g/mol. The van der Waals surface area contributed by atoms with Crippen LogP contribution >= 0.6 is 0 Å². The van der Waals surface area contributed by atoms with Crippen LogP contribution < -0.4 is 17.0 Å². The maximum atomic E-state index is 5.95. The van der Waals surface area contributed by atoms with Gasteiger partial charge >= 0.3 is 0 Å². The number of ether oxygens (including phenoxy) is 1. The van der Waals surface area contributed by atoms with Crippen molar-refractivity contribution >= 4 is 0 Å². The van der Waals surface area contributed by atoms with Gasteiger partial charge in [0.25, 0.3) is 5.82 Å². The van der Waals surface area contributed by atoms with E-state index in [0.29, 0.717) is 6.73 Å². The summed E-state index contributed by atoms with van der Waals surface area (Å²) in [6, 6.07) is 10.6. The third kappa shape index (κ3) is 8.49. The fourth-order valence-electron chi connectivity index (χ4n) is 3.42. The van der Waals surface area contributed by atoms with Crippen molar-refractivity contribution in [2.45, 2.75) is 84.9 Å². The molecule has 0 amide bonds. The van der Waals surface area contributed by atoms with Crippen LogP contribution in [-0.4, -0.2) is 11.2 Å². The van der Waals surface area contributed by atoms with Gasteiger partial charge in [-0.15, -0.1) is 0 Å². The molecule has 0 fully saturated rings. The number of unbranched alkanes of at least 4 members (excludes halogenated alkanes) is 8. The number of nitrogens with zero attached hydrogens (tertiary/aromatic N) is 2. The van der Waals surface area contributed by atoms with Crippen molar-refractivity contribution in [3.05, 3.63) is 42.7 Å². The Morgan fingerprint density at radius 3 is 2.11 bits per heavy atom. The molecule has 0 N–H and O–H groups in total. The Kier molecular flexibility index (Phi) is 12.9. The predicted octanol–water partition coefficient (Wildman–Crippen LogP) is 2.97. The van der Waals surface area contributed by atoms with Crippen LogP contribution in [0.5, 0.6) is 0 Å². The van der Waals surface area contributed by atoms with Gasteiger partial charge in [0.1, 0.15) is 12.4 Å². The van der Waals surface area contributed by atoms with Crippen molar-refractivity contribution in [3.8, 4) is 11.4 Å². The lowest BCUT2D eigenvalue weighted by molar-refractivity contribution is -0.722. The van der Waals surface area contributed by atoms with Crippen molar-refractivity contribution in [1.29, 1.82) is 0 Å². The molecule has 4 heteroatoms. The zero-order valence-electron chi connectivity index (χ0n) is 17.2. The van der Waals surface area contributed by atoms with Gasteiger partial charge in [-0.2, -0.15) is 0 Å². The van der Waals surface area contributed by atoms with Gasteiger partial charge in [0, 0.05) is 0 Å². The molecule has 0 radical (unpaired) electrons. The minimum absolute atomic E-state index is 0. The van der Waals surface area contributed by atoms with E-state index in [4.69, 9.17) is 4.74 Å². The average molecular weight is 393 g/mol. The monoisotopic (exact) mass is 392 g/mol. The van der Waals surface area contributed by atoms with E-state index in [1.807, 2.05) is 0 Å².